The molecule has 2 N–H and O–H groups in total. The standard InChI is InChI=1S/C15H20N2O3S2/c1-10-4-2-3-5-12(10)17-22(19,20)11-6-7-14-13(8-11)16-15(18)9-21-14/h6-8,10,12,17H,2-5,9H2,1H3,(H,16,18)/t10-,12+/m1/s1. The molecule has 22 heavy (non-hydrogen) atoms. The first-order valence-corrected chi connectivity index (χ1v) is 10.0. The normalized spacial score (nSPS) is 25.4. The molecule has 5 nitrogen and oxygen atoms in total. The maximum Gasteiger partial charge on any atom is 0.240 e. The van der Waals surface area contributed by atoms with Crippen LogP contribution in [-0.4, -0.2) is 26.1 Å². The van der Waals surface area contributed by atoms with Crippen molar-refractivity contribution in [1.29, 1.82) is 0 Å². The molecule has 0 spiro atoms. The lowest BCUT2D eigenvalue weighted by molar-refractivity contribution is -0.113. The molecule has 3 rings (SSSR count). The Morgan fingerprint density at radius 2 is 2.05 bits per heavy atom. The number of hydrogen-bond donors (Lipinski definition) is 2. The Morgan fingerprint density at radius 1 is 1.27 bits per heavy atom. The van der Waals surface area contributed by atoms with Crippen LogP contribution >= 0.6 is 11.8 Å². The van der Waals surface area contributed by atoms with Crippen molar-refractivity contribution in [2.75, 3.05) is 11.1 Å². The van der Waals surface area contributed by atoms with Crippen LogP contribution in [0.15, 0.2) is 28.0 Å². The lowest BCUT2D eigenvalue weighted by atomic mass is 9.87. The first-order chi connectivity index (χ1) is 10.5. The van der Waals surface area contributed by atoms with Gasteiger partial charge in [-0.1, -0.05) is 19.8 Å². The summed E-state index contributed by atoms with van der Waals surface area (Å²) in [5.74, 6) is 0.633. The zero-order valence-corrected chi connectivity index (χ0v) is 14.1. The SMILES string of the molecule is C[C@@H]1CCCC[C@@H]1NS(=O)(=O)c1ccc2c(c1)NC(=O)CS2. The molecule has 0 unspecified atom stereocenters. The Kier molecular flexibility index (Phi) is 4.47. The third-order valence-electron chi connectivity index (χ3n) is 4.31. The number of rotatable bonds is 3. The summed E-state index contributed by atoms with van der Waals surface area (Å²) in [6, 6.07) is 4.92. The van der Waals surface area contributed by atoms with Crippen molar-refractivity contribution < 1.29 is 13.2 Å². The van der Waals surface area contributed by atoms with Gasteiger partial charge in [-0.3, -0.25) is 4.79 Å². The summed E-state index contributed by atoms with van der Waals surface area (Å²) >= 11 is 1.42. The molecule has 1 fully saturated rings. The zero-order chi connectivity index (χ0) is 15.7. The summed E-state index contributed by atoms with van der Waals surface area (Å²) in [5.41, 5.74) is 0.584. The first-order valence-electron chi connectivity index (χ1n) is 7.55. The van der Waals surface area contributed by atoms with Crippen LogP contribution in [0.3, 0.4) is 0 Å². The minimum Gasteiger partial charge on any atom is -0.324 e. The fourth-order valence-corrected chi connectivity index (χ4v) is 5.18. The van der Waals surface area contributed by atoms with Gasteiger partial charge in [-0.15, -0.1) is 11.8 Å². The highest BCUT2D eigenvalue weighted by Crippen LogP contribution is 2.33. The van der Waals surface area contributed by atoms with Crippen molar-refractivity contribution in [2.24, 2.45) is 5.92 Å². The van der Waals surface area contributed by atoms with Crippen molar-refractivity contribution >= 4 is 33.4 Å². The summed E-state index contributed by atoms with van der Waals surface area (Å²) in [6.07, 6.45) is 4.18. The van der Waals surface area contributed by atoms with Crippen LogP contribution in [0.2, 0.25) is 0 Å². The van der Waals surface area contributed by atoms with Gasteiger partial charge in [0.15, 0.2) is 0 Å². The van der Waals surface area contributed by atoms with Gasteiger partial charge in [-0.05, 0) is 37.0 Å². The van der Waals surface area contributed by atoms with Crippen LogP contribution < -0.4 is 10.0 Å². The molecule has 1 aliphatic carbocycles. The Hall–Kier alpha value is -1.05. The molecule has 2 aliphatic rings. The maximum atomic E-state index is 12.6. The first kappa shape index (κ1) is 15.8. The van der Waals surface area contributed by atoms with E-state index in [1.54, 1.807) is 18.2 Å². The van der Waals surface area contributed by atoms with Crippen molar-refractivity contribution in [3.63, 3.8) is 0 Å². The molecular formula is C15H20N2O3S2. The van der Waals surface area contributed by atoms with E-state index in [-0.39, 0.29) is 16.8 Å². The maximum absolute atomic E-state index is 12.6. The van der Waals surface area contributed by atoms with Gasteiger partial charge in [-0.25, -0.2) is 13.1 Å². The smallest absolute Gasteiger partial charge is 0.240 e. The molecular weight excluding hydrogens is 320 g/mol. The van der Waals surface area contributed by atoms with E-state index in [1.165, 1.54) is 18.2 Å². The molecule has 2 atom stereocenters. The second-order valence-electron chi connectivity index (χ2n) is 5.98. The van der Waals surface area contributed by atoms with E-state index in [0.29, 0.717) is 17.4 Å². The molecule has 0 saturated heterocycles. The van der Waals surface area contributed by atoms with Gasteiger partial charge in [-0.2, -0.15) is 0 Å². The molecule has 1 aromatic carbocycles. The van der Waals surface area contributed by atoms with Gasteiger partial charge >= 0.3 is 0 Å². The molecule has 120 valence electrons. The molecule has 1 aliphatic heterocycles. The number of benzene rings is 1. The molecule has 1 saturated carbocycles. The molecule has 0 bridgehead atoms. The van der Waals surface area contributed by atoms with Gasteiger partial charge in [0.2, 0.25) is 15.9 Å². The molecule has 1 aromatic rings. The largest absolute Gasteiger partial charge is 0.324 e. The van der Waals surface area contributed by atoms with Gasteiger partial charge < -0.3 is 5.32 Å². The van der Waals surface area contributed by atoms with E-state index in [4.69, 9.17) is 0 Å². The van der Waals surface area contributed by atoms with Gasteiger partial charge in [0, 0.05) is 10.9 Å². The highest BCUT2D eigenvalue weighted by molar-refractivity contribution is 8.00. The number of hydrogen-bond acceptors (Lipinski definition) is 4. The highest BCUT2D eigenvalue weighted by atomic mass is 32.2. The Bertz CT molecular complexity index is 688. The third kappa shape index (κ3) is 3.31. The number of nitrogens with one attached hydrogen (secondary N) is 2. The predicted molar refractivity (Wildman–Crippen MR) is 87.5 cm³/mol. The van der Waals surface area contributed by atoms with Crippen molar-refractivity contribution in [3.05, 3.63) is 18.2 Å². The van der Waals surface area contributed by atoms with Crippen LogP contribution in [-0.2, 0) is 14.8 Å². The fraction of sp³-hybridized carbons (Fsp3) is 0.533. The lowest BCUT2D eigenvalue weighted by Crippen LogP contribution is -2.41. The minimum atomic E-state index is -3.55. The monoisotopic (exact) mass is 340 g/mol. The summed E-state index contributed by atoms with van der Waals surface area (Å²) in [6.45, 7) is 2.09. The van der Waals surface area contributed by atoms with Crippen molar-refractivity contribution in [1.82, 2.24) is 4.72 Å². The molecule has 1 heterocycles. The number of carbonyl (C=O) groups is 1. The number of thioether (sulfide) groups is 1. The molecule has 7 heteroatoms. The van der Waals surface area contributed by atoms with Gasteiger partial charge in [0.1, 0.15) is 0 Å². The van der Waals surface area contributed by atoms with Gasteiger partial charge in [0.25, 0.3) is 0 Å². The molecule has 1 amide bonds. The van der Waals surface area contributed by atoms with E-state index < -0.39 is 10.0 Å². The van der Waals surface area contributed by atoms with Crippen molar-refractivity contribution in [2.45, 2.75) is 48.4 Å². The number of anilines is 1. The van der Waals surface area contributed by atoms with Crippen LogP contribution in [0.25, 0.3) is 0 Å². The fourth-order valence-electron chi connectivity index (χ4n) is 2.99. The number of carbonyl (C=O) groups excluding carboxylic acids is 1. The summed E-state index contributed by atoms with van der Waals surface area (Å²) < 4.78 is 28.0. The Balaban J connectivity index is 1.83. The van der Waals surface area contributed by atoms with Crippen LogP contribution in [0.1, 0.15) is 32.6 Å². The lowest BCUT2D eigenvalue weighted by Gasteiger charge is -2.29. The van der Waals surface area contributed by atoms with Crippen LogP contribution in [0.4, 0.5) is 5.69 Å². The zero-order valence-electron chi connectivity index (χ0n) is 12.5. The van der Waals surface area contributed by atoms with Crippen LogP contribution in [0.5, 0.6) is 0 Å². The quantitative estimate of drug-likeness (QED) is 0.887. The summed E-state index contributed by atoms with van der Waals surface area (Å²) in [5, 5.41) is 2.73. The van der Waals surface area contributed by atoms with Crippen molar-refractivity contribution in [3.8, 4) is 0 Å². The highest BCUT2D eigenvalue weighted by Gasteiger charge is 2.27. The van der Waals surface area contributed by atoms with Crippen LogP contribution in [0, 0.1) is 5.92 Å². The Morgan fingerprint density at radius 3 is 2.82 bits per heavy atom. The topological polar surface area (TPSA) is 75.3 Å². The van der Waals surface area contributed by atoms with E-state index in [9.17, 15) is 13.2 Å². The van der Waals surface area contributed by atoms with E-state index in [1.807, 2.05) is 0 Å². The Labute approximate surface area is 135 Å². The second kappa shape index (κ2) is 6.22. The number of fused-ring (bicyclic) bond motifs is 1. The second-order valence-corrected chi connectivity index (χ2v) is 8.72. The van der Waals surface area contributed by atoms with E-state index in [0.717, 1.165) is 24.2 Å². The molecule has 0 aromatic heterocycles. The summed E-state index contributed by atoms with van der Waals surface area (Å²) in [4.78, 5) is 12.6. The summed E-state index contributed by atoms with van der Waals surface area (Å²) in [7, 11) is -3.55. The third-order valence-corrected chi connectivity index (χ3v) is 6.87. The van der Waals surface area contributed by atoms with E-state index in [2.05, 4.69) is 17.0 Å². The van der Waals surface area contributed by atoms with Gasteiger partial charge in [0.05, 0.1) is 16.3 Å². The molecule has 0 radical (unpaired) electrons. The average molecular weight is 340 g/mol. The van der Waals surface area contributed by atoms with E-state index >= 15 is 0 Å². The number of sulfonamides is 1. The average Bonchev–Trinajstić information content (AvgIpc) is 2.48. The minimum absolute atomic E-state index is 0.00116. The predicted octanol–water partition coefficient (Wildman–Crippen LogP) is 2.59. The number of amides is 1.